The van der Waals surface area contributed by atoms with Crippen molar-refractivity contribution in [2.75, 3.05) is 6.54 Å². The van der Waals surface area contributed by atoms with E-state index in [0.717, 1.165) is 42.4 Å². The van der Waals surface area contributed by atoms with E-state index in [4.69, 9.17) is 4.42 Å². The second-order valence-electron chi connectivity index (χ2n) is 11.1. The van der Waals surface area contributed by atoms with Gasteiger partial charge in [0.25, 0.3) is 0 Å². The molecular formula is C30H55NO2. The maximum atomic E-state index is 11.9. The average molecular weight is 462 g/mol. The van der Waals surface area contributed by atoms with Gasteiger partial charge in [-0.1, -0.05) is 112 Å². The highest BCUT2D eigenvalue weighted by Crippen LogP contribution is 2.23. The van der Waals surface area contributed by atoms with Gasteiger partial charge in [-0.2, -0.15) is 0 Å². The number of amides is 1. The summed E-state index contributed by atoms with van der Waals surface area (Å²) in [4.78, 5) is 11.9. The molecule has 0 fully saturated rings. The van der Waals surface area contributed by atoms with Gasteiger partial charge in [0.1, 0.15) is 5.76 Å². The van der Waals surface area contributed by atoms with Crippen LogP contribution in [-0.2, 0) is 11.2 Å². The summed E-state index contributed by atoms with van der Waals surface area (Å²) in [6, 6.07) is 3.67. The number of nitrogens with one attached hydrogen (secondary N) is 1. The molecule has 1 aromatic heterocycles. The van der Waals surface area contributed by atoms with E-state index in [9.17, 15) is 4.79 Å². The Hall–Kier alpha value is -1.25. The predicted molar refractivity (Wildman–Crippen MR) is 142 cm³/mol. The molecule has 0 aliphatic rings. The van der Waals surface area contributed by atoms with Crippen LogP contribution in [0.4, 0.5) is 0 Å². The van der Waals surface area contributed by atoms with Gasteiger partial charge in [-0.05, 0) is 48.6 Å². The van der Waals surface area contributed by atoms with Crippen molar-refractivity contribution in [2.24, 2.45) is 23.7 Å². The largest absolute Gasteiger partial charge is 0.469 e. The number of carbonyl (C=O) groups is 1. The van der Waals surface area contributed by atoms with Gasteiger partial charge in [-0.3, -0.25) is 4.79 Å². The fourth-order valence-corrected chi connectivity index (χ4v) is 5.00. The highest BCUT2D eigenvalue weighted by atomic mass is 16.3. The summed E-state index contributed by atoms with van der Waals surface area (Å²) in [6.45, 7) is 12.8. The summed E-state index contributed by atoms with van der Waals surface area (Å²) >= 11 is 0. The van der Waals surface area contributed by atoms with Crippen molar-refractivity contribution in [3.63, 3.8) is 0 Å². The van der Waals surface area contributed by atoms with Gasteiger partial charge in [0.05, 0.1) is 12.7 Å². The Morgan fingerprint density at radius 2 is 1.24 bits per heavy atom. The average Bonchev–Trinajstić information content (AvgIpc) is 3.27. The molecule has 0 radical (unpaired) electrons. The first-order chi connectivity index (χ1) is 15.9. The number of carbonyl (C=O) groups excluding carboxylic acids is 1. The zero-order valence-corrected chi connectivity index (χ0v) is 22.7. The first-order valence-electron chi connectivity index (χ1n) is 14.2. The minimum absolute atomic E-state index is 0.0578. The van der Waals surface area contributed by atoms with Crippen LogP contribution in [0.1, 0.15) is 130 Å². The number of rotatable bonds is 21. The molecule has 0 saturated heterocycles. The number of furan rings is 1. The second kappa shape index (κ2) is 19.1. The number of unbranched alkanes of at least 4 members (excludes halogenated alkanes) is 1. The monoisotopic (exact) mass is 461 g/mol. The van der Waals surface area contributed by atoms with E-state index in [2.05, 4.69) is 39.9 Å². The summed E-state index contributed by atoms with van der Waals surface area (Å²) in [5.74, 6) is 4.23. The molecular weight excluding hydrogens is 406 g/mol. The standard InChI is InChI=1S/C30H55NO2/c1-6-13-25(2)16-9-17-26(3)14-7-8-15-27(4)18-10-19-28(5)20-11-22-31-30(32)24-29-21-12-23-33-29/h12,21,23,25-28H,6-11,13-20,22,24H2,1-5H3,(H,31,32). The molecule has 4 atom stereocenters. The smallest absolute Gasteiger partial charge is 0.227 e. The minimum Gasteiger partial charge on any atom is -0.469 e. The molecule has 0 spiro atoms. The highest BCUT2D eigenvalue weighted by molar-refractivity contribution is 5.77. The molecule has 1 heterocycles. The molecule has 0 bridgehead atoms. The molecule has 0 aliphatic carbocycles. The molecule has 33 heavy (non-hydrogen) atoms. The van der Waals surface area contributed by atoms with Gasteiger partial charge in [0, 0.05) is 6.54 Å². The first-order valence-corrected chi connectivity index (χ1v) is 14.2. The van der Waals surface area contributed by atoms with Crippen LogP contribution in [0.15, 0.2) is 22.8 Å². The lowest BCUT2D eigenvalue weighted by Crippen LogP contribution is -2.26. The van der Waals surface area contributed by atoms with Gasteiger partial charge in [0.15, 0.2) is 0 Å². The lowest BCUT2D eigenvalue weighted by atomic mass is 9.91. The number of hydrogen-bond donors (Lipinski definition) is 1. The summed E-state index contributed by atoms with van der Waals surface area (Å²) in [5.41, 5.74) is 0. The predicted octanol–water partition coefficient (Wildman–Crippen LogP) is 8.96. The molecule has 0 aliphatic heterocycles. The van der Waals surface area contributed by atoms with Crippen LogP contribution in [0.3, 0.4) is 0 Å². The van der Waals surface area contributed by atoms with Crippen LogP contribution >= 0.6 is 0 Å². The van der Waals surface area contributed by atoms with Gasteiger partial charge in [-0.25, -0.2) is 0 Å². The second-order valence-corrected chi connectivity index (χ2v) is 11.1. The van der Waals surface area contributed by atoms with Gasteiger partial charge >= 0.3 is 0 Å². The third-order valence-electron chi connectivity index (χ3n) is 7.32. The normalized spacial score (nSPS) is 15.2. The van der Waals surface area contributed by atoms with Crippen LogP contribution < -0.4 is 5.32 Å². The van der Waals surface area contributed by atoms with E-state index in [1.807, 2.05) is 12.1 Å². The Kier molecular flexibility index (Phi) is 17.2. The van der Waals surface area contributed by atoms with Gasteiger partial charge in [-0.15, -0.1) is 0 Å². The van der Waals surface area contributed by atoms with Gasteiger partial charge < -0.3 is 9.73 Å². The Bertz CT molecular complexity index is 568. The van der Waals surface area contributed by atoms with E-state index < -0.39 is 0 Å². The quantitative estimate of drug-likeness (QED) is 0.186. The van der Waals surface area contributed by atoms with Crippen molar-refractivity contribution in [2.45, 2.75) is 131 Å². The maximum absolute atomic E-state index is 11.9. The van der Waals surface area contributed by atoms with Crippen molar-refractivity contribution >= 4 is 5.91 Å². The fourth-order valence-electron chi connectivity index (χ4n) is 5.00. The maximum Gasteiger partial charge on any atom is 0.227 e. The van der Waals surface area contributed by atoms with E-state index >= 15 is 0 Å². The van der Waals surface area contributed by atoms with Crippen LogP contribution in [0.2, 0.25) is 0 Å². The van der Waals surface area contributed by atoms with Crippen molar-refractivity contribution in [1.82, 2.24) is 5.32 Å². The van der Waals surface area contributed by atoms with Crippen LogP contribution in [0, 0.1) is 23.7 Å². The lowest BCUT2D eigenvalue weighted by Gasteiger charge is -2.16. The molecule has 3 heteroatoms. The van der Waals surface area contributed by atoms with Crippen LogP contribution in [-0.4, -0.2) is 12.5 Å². The molecule has 1 amide bonds. The van der Waals surface area contributed by atoms with Gasteiger partial charge in [0.2, 0.25) is 5.91 Å². The van der Waals surface area contributed by atoms with Crippen molar-refractivity contribution in [3.05, 3.63) is 24.2 Å². The summed E-state index contributed by atoms with van der Waals surface area (Å²) < 4.78 is 5.22. The van der Waals surface area contributed by atoms with Crippen molar-refractivity contribution < 1.29 is 9.21 Å². The summed E-state index contributed by atoms with van der Waals surface area (Å²) in [5, 5.41) is 3.01. The minimum atomic E-state index is 0.0578. The highest BCUT2D eigenvalue weighted by Gasteiger charge is 2.09. The summed E-state index contributed by atoms with van der Waals surface area (Å²) in [7, 11) is 0. The zero-order valence-electron chi connectivity index (χ0n) is 22.7. The Morgan fingerprint density at radius 3 is 1.73 bits per heavy atom. The van der Waals surface area contributed by atoms with Crippen LogP contribution in [0.25, 0.3) is 0 Å². The van der Waals surface area contributed by atoms with E-state index in [1.54, 1.807) is 6.26 Å². The zero-order chi connectivity index (χ0) is 24.3. The Morgan fingerprint density at radius 1 is 0.758 bits per heavy atom. The Labute approximate surface area is 205 Å². The summed E-state index contributed by atoms with van der Waals surface area (Å²) in [6.07, 6.45) is 20.9. The molecule has 0 aromatic carbocycles. The molecule has 1 rings (SSSR count). The van der Waals surface area contributed by atoms with Crippen LogP contribution in [0.5, 0.6) is 0 Å². The molecule has 192 valence electrons. The molecule has 1 aromatic rings. The molecule has 0 saturated carbocycles. The third-order valence-corrected chi connectivity index (χ3v) is 7.32. The molecule has 1 N–H and O–H groups in total. The van der Waals surface area contributed by atoms with E-state index in [-0.39, 0.29) is 5.91 Å². The van der Waals surface area contributed by atoms with E-state index in [0.29, 0.717) is 6.42 Å². The molecule has 4 unspecified atom stereocenters. The Balaban J connectivity index is 1.92. The fraction of sp³-hybridized carbons (Fsp3) is 0.833. The molecule has 3 nitrogen and oxygen atoms in total. The first kappa shape index (κ1) is 29.8. The number of hydrogen-bond acceptors (Lipinski definition) is 2. The van der Waals surface area contributed by atoms with E-state index in [1.165, 1.54) is 83.5 Å². The van der Waals surface area contributed by atoms with Crippen molar-refractivity contribution in [3.8, 4) is 0 Å². The SMILES string of the molecule is CCCC(C)CCCC(C)CCCCC(C)CCCC(C)CCCNC(=O)Cc1ccco1. The lowest BCUT2D eigenvalue weighted by molar-refractivity contribution is -0.120. The topological polar surface area (TPSA) is 42.2 Å². The third kappa shape index (κ3) is 16.9. The van der Waals surface area contributed by atoms with Crippen molar-refractivity contribution in [1.29, 1.82) is 0 Å².